The maximum Gasteiger partial charge on any atom is 0.320 e. The highest BCUT2D eigenvalue weighted by molar-refractivity contribution is 14.1. The fraction of sp³-hybridized carbons (Fsp3) is 0.333. The van der Waals surface area contributed by atoms with E-state index in [1.54, 1.807) is 0 Å². The molecule has 2 N–H and O–H groups in total. The highest BCUT2D eigenvalue weighted by Gasteiger charge is 2.06. The van der Waals surface area contributed by atoms with Crippen molar-refractivity contribution >= 4 is 34.3 Å². The van der Waals surface area contributed by atoms with Gasteiger partial charge in [-0.2, -0.15) is 0 Å². The Morgan fingerprint density at radius 1 is 1.28 bits per heavy atom. The Morgan fingerprint density at radius 2 is 2.11 bits per heavy atom. The molecule has 0 fully saturated rings. The first-order valence-electron chi connectivity index (χ1n) is 5.84. The van der Waals surface area contributed by atoms with E-state index in [0.717, 1.165) is 22.2 Å². The minimum atomic E-state index is 0.424. The van der Waals surface area contributed by atoms with Gasteiger partial charge in [-0.25, -0.2) is 0 Å². The largest absolute Gasteiger partial charge is 0.406 e. The van der Waals surface area contributed by atoms with Gasteiger partial charge in [0.25, 0.3) is 0 Å². The van der Waals surface area contributed by atoms with Crippen LogP contribution in [0.4, 0.5) is 11.7 Å². The van der Waals surface area contributed by atoms with Crippen molar-refractivity contribution in [1.29, 1.82) is 0 Å². The predicted octanol–water partition coefficient (Wildman–Crippen LogP) is 2.92. The molecule has 0 saturated heterocycles. The van der Waals surface area contributed by atoms with Crippen LogP contribution >= 0.6 is 22.6 Å². The molecular formula is C12H15IN4O. The van der Waals surface area contributed by atoms with Crippen molar-refractivity contribution in [3.05, 3.63) is 33.7 Å². The molecule has 0 atom stereocenters. The van der Waals surface area contributed by atoms with Crippen LogP contribution in [0.3, 0.4) is 0 Å². The molecule has 1 aromatic carbocycles. The molecule has 0 bridgehead atoms. The number of hydrogen-bond acceptors (Lipinski definition) is 5. The number of nitrogens with zero attached hydrogens (tertiary/aromatic N) is 2. The maximum atomic E-state index is 5.49. The Kier molecular flexibility index (Phi) is 4.94. The summed E-state index contributed by atoms with van der Waals surface area (Å²) in [4.78, 5) is 0. The van der Waals surface area contributed by atoms with Gasteiger partial charge in [-0.15, -0.1) is 5.10 Å². The zero-order chi connectivity index (χ0) is 12.8. The minimum absolute atomic E-state index is 0.424. The molecule has 2 aromatic rings. The second-order valence-corrected chi connectivity index (χ2v) is 4.94. The number of benzene rings is 1. The molecule has 0 aliphatic heterocycles. The Hall–Kier alpha value is -1.15. The Bertz CT molecular complexity index is 500. The zero-order valence-electron chi connectivity index (χ0n) is 10.1. The third-order valence-electron chi connectivity index (χ3n) is 2.29. The number of anilines is 2. The lowest BCUT2D eigenvalue weighted by Gasteiger charge is -2.02. The van der Waals surface area contributed by atoms with Gasteiger partial charge < -0.3 is 15.1 Å². The highest BCUT2D eigenvalue weighted by Crippen LogP contribution is 2.21. The van der Waals surface area contributed by atoms with E-state index in [4.69, 9.17) is 4.42 Å². The van der Waals surface area contributed by atoms with E-state index in [1.807, 2.05) is 24.3 Å². The van der Waals surface area contributed by atoms with Crippen LogP contribution < -0.4 is 10.6 Å². The molecular weight excluding hydrogens is 343 g/mol. The van der Waals surface area contributed by atoms with E-state index in [2.05, 4.69) is 50.3 Å². The van der Waals surface area contributed by atoms with Crippen LogP contribution in [0.25, 0.3) is 0 Å². The van der Waals surface area contributed by atoms with Gasteiger partial charge >= 0.3 is 6.01 Å². The highest BCUT2D eigenvalue weighted by atomic mass is 127. The van der Waals surface area contributed by atoms with Crippen LogP contribution in [0.2, 0.25) is 0 Å². The third-order valence-corrected chi connectivity index (χ3v) is 3.23. The summed E-state index contributed by atoms with van der Waals surface area (Å²) in [6.07, 6.45) is 1.08. The summed E-state index contributed by atoms with van der Waals surface area (Å²) in [6.45, 7) is 3.67. The Labute approximate surface area is 120 Å². The van der Waals surface area contributed by atoms with Crippen LogP contribution in [0.5, 0.6) is 0 Å². The molecule has 1 heterocycles. The van der Waals surface area contributed by atoms with Gasteiger partial charge in [-0.05, 0) is 47.7 Å². The average Bonchev–Trinajstić information content (AvgIpc) is 2.80. The van der Waals surface area contributed by atoms with Gasteiger partial charge in [-0.1, -0.05) is 24.2 Å². The summed E-state index contributed by atoms with van der Waals surface area (Å²) in [5.41, 5.74) is 0.967. The lowest BCUT2D eigenvalue weighted by Crippen LogP contribution is -2.13. The quantitative estimate of drug-likeness (QED) is 0.614. The number of hydrogen-bond donors (Lipinski definition) is 2. The molecule has 6 heteroatoms. The number of halogens is 1. The molecule has 0 amide bonds. The van der Waals surface area contributed by atoms with Crippen LogP contribution in [-0.2, 0) is 6.54 Å². The van der Waals surface area contributed by atoms with Crippen molar-refractivity contribution in [2.75, 3.05) is 11.9 Å². The molecule has 2 rings (SSSR count). The van der Waals surface area contributed by atoms with Crippen LogP contribution in [0.15, 0.2) is 28.7 Å². The summed E-state index contributed by atoms with van der Waals surface area (Å²) < 4.78 is 6.60. The van der Waals surface area contributed by atoms with Crippen molar-refractivity contribution < 1.29 is 4.42 Å². The molecule has 18 heavy (non-hydrogen) atoms. The van der Waals surface area contributed by atoms with Crippen molar-refractivity contribution in [2.45, 2.75) is 19.9 Å². The second-order valence-electron chi connectivity index (χ2n) is 3.78. The van der Waals surface area contributed by atoms with Gasteiger partial charge in [0.15, 0.2) is 0 Å². The zero-order valence-corrected chi connectivity index (χ0v) is 12.3. The molecule has 0 spiro atoms. The first-order chi connectivity index (χ1) is 8.79. The standard InChI is InChI=1S/C12H15IN4O/c1-2-7-14-8-11-16-17-12(18-11)15-10-6-4-3-5-9(10)13/h3-6,14H,2,7-8H2,1H3,(H,15,17). The van der Waals surface area contributed by atoms with Crippen LogP contribution in [-0.4, -0.2) is 16.7 Å². The van der Waals surface area contributed by atoms with E-state index in [0.29, 0.717) is 18.5 Å². The van der Waals surface area contributed by atoms with Gasteiger partial charge in [0.1, 0.15) is 0 Å². The first-order valence-corrected chi connectivity index (χ1v) is 6.92. The molecule has 5 nitrogen and oxygen atoms in total. The number of para-hydroxylation sites is 1. The normalized spacial score (nSPS) is 10.6. The first kappa shape index (κ1) is 13.3. The monoisotopic (exact) mass is 358 g/mol. The molecule has 0 saturated carbocycles. The molecule has 0 unspecified atom stereocenters. The molecule has 0 aliphatic rings. The van der Waals surface area contributed by atoms with Crippen molar-refractivity contribution in [3.63, 3.8) is 0 Å². The average molecular weight is 358 g/mol. The Morgan fingerprint density at radius 3 is 2.89 bits per heavy atom. The van der Waals surface area contributed by atoms with E-state index in [9.17, 15) is 0 Å². The molecule has 1 aromatic heterocycles. The van der Waals surface area contributed by atoms with Crippen LogP contribution in [0, 0.1) is 3.57 Å². The fourth-order valence-electron chi connectivity index (χ4n) is 1.43. The summed E-state index contributed by atoms with van der Waals surface area (Å²) in [5, 5.41) is 14.3. The van der Waals surface area contributed by atoms with E-state index < -0.39 is 0 Å². The van der Waals surface area contributed by atoms with Gasteiger partial charge in [0, 0.05) is 3.57 Å². The lowest BCUT2D eigenvalue weighted by molar-refractivity contribution is 0.479. The summed E-state index contributed by atoms with van der Waals surface area (Å²) in [6, 6.07) is 8.36. The predicted molar refractivity (Wildman–Crippen MR) is 78.7 cm³/mol. The smallest absolute Gasteiger partial charge is 0.320 e. The van der Waals surface area contributed by atoms with Gasteiger partial charge in [-0.3, -0.25) is 0 Å². The third kappa shape index (κ3) is 3.67. The number of aromatic nitrogens is 2. The van der Waals surface area contributed by atoms with Gasteiger partial charge in [0.2, 0.25) is 5.89 Å². The van der Waals surface area contributed by atoms with Crippen LogP contribution in [0.1, 0.15) is 19.2 Å². The van der Waals surface area contributed by atoms with Gasteiger partial charge in [0.05, 0.1) is 12.2 Å². The molecule has 0 radical (unpaired) electrons. The minimum Gasteiger partial charge on any atom is -0.406 e. The Balaban J connectivity index is 1.96. The summed E-state index contributed by atoms with van der Waals surface area (Å²) in [7, 11) is 0. The second kappa shape index (κ2) is 6.69. The number of rotatable bonds is 6. The number of nitrogens with one attached hydrogen (secondary N) is 2. The van der Waals surface area contributed by atoms with E-state index in [-0.39, 0.29) is 0 Å². The lowest BCUT2D eigenvalue weighted by atomic mass is 10.3. The maximum absolute atomic E-state index is 5.49. The van der Waals surface area contributed by atoms with Crippen molar-refractivity contribution in [2.24, 2.45) is 0 Å². The van der Waals surface area contributed by atoms with E-state index in [1.165, 1.54) is 0 Å². The summed E-state index contributed by atoms with van der Waals surface area (Å²) >= 11 is 2.26. The topological polar surface area (TPSA) is 63.0 Å². The van der Waals surface area contributed by atoms with E-state index >= 15 is 0 Å². The summed E-state index contributed by atoms with van der Waals surface area (Å²) in [5.74, 6) is 0.594. The molecule has 96 valence electrons. The molecule has 0 aliphatic carbocycles. The SMILES string of the molecule is CCCNCc1nnc(Nc2ccccc2I)o1. The fourth-order valence-corrected chi connectivity index (χ4v) is 1.95. The van der Waals surface area contributed by atoms with Crippen molar-refractivity contribution in [1.82, 2.24) is 15.5 Å². The van der Waals surface area contributed by atoms with Crippen molar-refractivity contribution in [3.8, 4) is 0 Å².